The average Bonchev–Trinajstić information content (AvgIpc) is 2.21. The molecule has 1 heterocycles. The summed E-state index contributed by atoms with van der Waals surface area (Å²) >= 11 is 0. The normalized spacial score (nSPS) is 19.7. The molecule has 1 atom stereocenters. The van der Waals surface area contributed by atoms with Gasteiger partial charge < -0.3 is 4.84 Å². The molecule has 3 heteroatoms. The van der Waals surface area contributed by atoms with Gasteiger partial charge in [0.25, 0.3) is 5.91 Å². The molecule has 1 aliphatic rings. The number of carbonyl (C=O) groups excluding carboxylic acids is 1. The highest BCUT2D eigenvalue weighted by Crippen LogP contribution is 2.37. The van der Waals surface area contributed by atoms with Gasteiger partial charge in [-0.2, -0.15) is 5.48 Å². The lowest BCUT2D eigenvalue weighted by Crippen LogP contribution is -2.38. The summed E-state index contributed by atoms with van der Waals surface area (Å²) in [7, 11) is 0. The van der Waals surface area contributed by atoms with Gasteiger partial charge in [-0.25, -0.2) is 0 Å². The van der Waals surface area contributed by atoms with E-state index in [-0.39, 0.29) is 17.2 Å². The topological polar surface area (TPSA) is 38.3 Å². The molecule has 0 fully saturated rings. The van der Waals surface area contributed by atoms with E-state index in [4.69, 9.17) is 4.84 Å². The van der Waals surface area contributed by atoms with Gasteiger partial charge >= 0.3 is 0 Å². The van der Waals surface area contributed by atoms with Crippen LogP contribution in [0.15, 0.2) is 24.3 Å². The molecule has 0 saturated carbocycles. The largest absolute Gasteiger partial charge is 0.379 e. The van der Waals surface area contributed by atoms with Crippen molar-refractivity contribution in [3.8, 4) is 5.75 Å². The molecule has 1 aliphatic heterocycles. The molecular weight excluding hydrogens is 202 g/mol. The third-order valence-corrected chi connectivity index (χ3v) is 2.69. The molecule has 3 nitrogen and oxygen atoms in total. The molecule has 1 aromatic carbocycles. The molecule has 0 radical (unpaired) electrons. The van der Waals surface area contributed by atoms with Crippen LogP contribution in [0.25, 0.3) is 0 Å². The van der Waals surface area contributed by atoms with Gasteiger partial charge in [0.1, 0.15) is 0 Å². The van der Waals surface area contributed by atoms with Crippen molar-refractivity contribution in [2.75, 3.05) is 0 Å². The first-order valence-corrected chi connectivity index (χ1v) is 5.53. The van der Waals surface area contributed by atoms with Crippen molar-refractivity contribution in [2.45, 2.75) is 33.1 Å². The molecule has 86 valence electrons. The van der Waals surface area contributed by atoms with E-state index in [2.05, 4.69) is 26.3 Å². The third kappa shape index (κ3) is 2.18. The summed E-state index contributed by atoms with van der Waals surface area (Å²) in [4.78, 5) is 17.0. The Morgan fingerprint density at radius 1 is 1.31 bits per heavy atom. The zero-order chi connectivity index (χ0) is 11.8. The van der Waals surface area contributed by atoms with E-state index in [1.807, 2.05) is 24.3 Å². The number of nitrogens with one attached hydrogen (secondary N) is 1. The smallest absolute Gasteiger partial charge is 0.260 e. The van der Waals surface area contributed by atoms with Crippen LogP contribution in [-0.2, 0) is 4.79 Å². The van der Waals surface area contributed by atoms with Crippen molar-refractivity contribution in [3.63, 3.8) is 0 Å². The molecule has 0 aromatic heterocycles. The number of rotatable bonds is 1. The fraction of sp³-hybridized carbons (Fsp3) is 0.462. The van der Waals surface area contributed by atoms with E-state index < -0.39 is 0 Å². The Morgan fingerprint density at radius 2 is 2.00 bits per heavy atom. The molecule has 1 N–H and O–H groups in total. The van der Waals surface area contributed by atoms with E-state index in [0.29, 0.717) is 0 Å². The predicted octanol–water partition coefficient (Wildman–Crippen LogP) is 2.63. The Morgan fingerprint density at radius 3 is 2.69 bits per heavy atom. The molecule has 0 saturated heterocycles. The fourth-order valence-electron chi connectivity index (χ4n) is 1.99. The second-order valence-corrected chi connectivity index (χ2v) is 5.42. The lowest BCUT2D eigenvalue weighted by Gasteiger charge is -2.29. The van der Waals surface area contributed by atoms with E-state index in [0.717, 1.165) is 17.7 Å². The summed E-state index contributed by atoms with van der Waals surface area (Å²) in [5.74, 6) is 0.606. The van der Waals surface area contributed by atoms with Crippen molar-refractivity contribution in [2.24, 2.45) is 5.41 Å². The van der Waals surface area contributed by atoms with Gasteiger partial charge in [0.2, 0.25) is 0 Å². The molecule has 1 aromatic rings. The summed E-state index contributed by atoms with van der Waals surface area (Å²) in [5, 5.41) is 0. The van der Waals surface area contributed by atoms with Gasteiger partial charge in [-0.05, 0) is 17.9 Å². The van der Waals surface area contributed by atoms with Gasteiger partial charge in [-0.1, -0.05) is 39.0 Å². The zero-order valence-electron chi connectivity index (χ0n) is 9.91. The molecular formula is C13H17NO2. The molecule has 0 bridgehead atoms. The van der Waals surface area contributed by atoms with Crippen LogP contribution < -0.4 is 10.3 Å². The summed E-state index contributed by atoms with van der Waals surface area (Å²) < 4.78 is 0. The van der Waals surface area contributed by atoms with Crippen LogP contribution in [0.1, 0.15) is 38.7 Å². The summed E-state index contributed by atoms with van der Waals surface area (Å²) in [6, 6.07) is 7.69. The monoisotopic (exact) mass is 219 g/mol. The third-order valence-electron chi connectivity index (χ3n) is 2.69. The van der Waals surface area contributed by atoms with Crippen LogP contribution in [0, 0.1) is 5.41 Å². The predicted molar refractivity (Wildman–Crippen MR) is 62.0 cm³/mol. The minimum atomic E-state index is -0.107. The summed E-state index contributed by atoms with van der Waals surface area (Å²) in [6.07, 6.45) is 0.819. The average molecular weight is 219 g/mol. The maximum Gasteiger partial charge on any atom is 0.260 e. The van der Waals surface area contributed by atoms with Crippen molar-refractivity contribution in [1.82, 2.24) is 5.48 Å². The van der Waals surface area contributed by atoms with Crippen LogP contribution in [0.2, 0.25) is 0 Å². The van der Waals surface area contributed by atoms with Crippen molar-refractivity contribution < 1.29 is 9.63 Å². The van der Waals surface area contributed by atoms with Crippen LogP contribution in [0.5, 0.6) is 5.75 Å². The van der Waals surface area contributed by atoms with Gasteiger partial charge in [-0.3, -0.25) is 4.79 Å². The van der Waals surface area contributed by atoms with Crippen LogP contribution in [-0.4, -0.2) is 5.91 Å². The minimum Gasteiger partial charge on any atom is -0.379 e. The molecule has 1 unspecified atom stereocenters. The Labute approximate surface area is 95.8 Å². The van der Waals surface area contributed by atoms with Gasteiger partial charge in [0, 0.05) is 5.56 Å². The highest BCUT2D eigenvalue weighted by Gasteiger charge is 2.32. The molecule has 16 heavy (non-hydrogen) atoms. The van der Waals surface area contributed by atoms with Crippen molar-refractivity contribution in [3.05, 3.63) is 29.8 Å². The van der Waals surface area contributed by atoms with E-state index in [9.17, 15) is 4.79 Å². The summed E-state index contributed by atoms with van der Waals surface area (Å²) in [6.45, 7) is 6.41. The van der Waals surface area contributed by atoms with Gasteiger partial charge in [0.05, 0.1) is 5.92 Å². The van der Waals surface area contributed by atoms with Crippen LogP contribution in [0.4, 0.5) is 0 Å². The lowest BCUT2D eigenvalue weighted by molar-refractivity contribution is -0.131. The van der Waals surface area contributed by atoms with E-state index in [1.165, 1.54) is 0 Å². The minimum absolute atomic E-state index is 0.0476. The Balaban J connectivity index is 2.33. The number of amides is 1. The van der Waals surface area contributed by atoms with Gasteiger partial charge in [0.15, 0.2) is 5.75 Å². The number of hydrogen-bond acceptors (Lipinski definition) is 2. The van der Waals surface area contributed by atoms with Crippen LogP contribution >= 0.6 is 0 Å². The standard InChI is InChI=1S/C13H17NO2/c1-13(2,3)8-10-9-6-4-5-7-11(9)16-14-12(10)15/h4-7,10H,8H2,1-3H3,(H,14,15). The van der Waals surface area contributed by atoms with Gasteiger partial charge in [-0.15, -0.1) is 0 Å². The Bertz CT molecular complexity index is 407. The molecule has 1 amide bonds. The summed E-state index contributed by atoms with van der Waals surface area (Å²) in [5.41, 5.74) is 3.58. The molecule has 2 rings (SSSR count). The van der Waals surface area contributed by atoms with E-state index in [1.54, 1.807) is 0 Å². The zero-order valence-corrected chi connectivity index (χ0v) is 9.91. The Kier molecular flexibility index (Phi) is 2.62. The van der Waals surface area contributed by atoms with E-state index >= 15 is 0 Å². The first kappa shape index (κ1) is 11.0. The maximum absolute atomic E-state index is 11.8. The SMILES string of the molecule is CC(C)(C)CC1C(=O)NOc2ccccc21. The van der Waals surface area contributed by atoms with Crippen molar-refractivity contribution in [1.29, 1.82) is 0 Å². The first-order valence-electron chi connectivity index (χ1n) is 5.53. The second kappa shape index (κ2) is 3.81. The number of para-hydroxylation sites is 1. The highest BCUT2D eigenvalue weighted by molar-refractivity contribution is 5.85. The van der Waals surface area contributed by atoms with Crippen molar-refractivity contribution >= 4 is 5.91 Å². The molecule has 0 spiro atoms. The number of carbonyl (C=O) groups is 1. The van der Waals surface area contributed by atoms with Crippen LogP contribution in [0.3, 0.4) is 0 Å². The molecule has 0 aliphatic carbocycles. The second-order valence-electron chi connectivity index (χ2n) is 5.42. The number of hydrogen-bond donors (Lipinski definition) is 1. The quantitative estimate of drug-likeness (QED) is 0.788. The maximum atomic E-state index is 11.8. The highest BCUT2D eigenvalue weighted by atomic mass is 16.7. The number of fused-ring (bicyclic) bond motifs is 1. The fourth-order valence-corrected chi connectivity index (χ4v) is 1.99. The first-order chi connectivity index (χ1) is 7.47. The Hall–Kier alpha value is -1.51. The number of benzene rings is 1. The lowest BCUT2D eigenvalue weighted by atomic mass is 9.80. The number of hydroxylamine groups is 1.